The Bertz CT molecular complexity index is 564. The van der Waals surface area contributed by atoms with Crippen LogP contribution in [0.4, 0.5) is 5.69 Å². The van der Waals surface area contributed by atoms with Crippen LogP contribution in [0.3, 0.4) is 0 Å². The highest BCUT2D eigenvalue weighted by atomic mass is 31.0. The molecule has 0 amide bonds. The van der Waals surface area contributed by atoms with Gasteiger partial charge >= 0.3 is 0 Å². The van der Waals surface area contributed by atoms with Crippen molar-refractivity contribution in [3.05, 3.63) is 71.5 Å². The maximum Gasteiger partial charge on any atom is 0.0511 e. The van der Waals surface area contributed by atoms with Crippen LogP contribution in [0, 0.1) is 0 Å². The van der Waals surface area contributed by atoms with Gasteiger partial charge in [0.05, 0.1) is 5.69 Å². The molecule has 1 aliphatic carbocycles. The minimum absolute atomic E-state index is 0.963. The molecule has 0 aromatic heterocycles. The van der Waals surface area contributed by atoms with Crippen molar-refractivity contribution in [3.63, 3.8) is 0 Å². The van der Waals surface area contributed by atoms with E-state index in [4.69, 9.17) is 0 Å². The summed E-state index contributed by atoms with van der Waals surface area (Å²) in [6.07, 6.45) is 13.9. The molecule has 17 heavy (non-hydrogen) atoms. The van der Waals surface area contributed by atoms with Crippen molar-refractivity contribution in [2.75, 3.05) is 4.67 Å². The van der Waals surface area contributed by atoms with Crippen molar-refractivity contribution in [2.45, 2.75) is 6.42 Å². The maximum atomic E-state index is 2.83. The van der Waals surface area contributed by atoms with E-state index in [1.54, 1.807) is 0 Å². The lowest BCUT2D eigenvalue weighted by atomic mass is 10.1. The molecule has 2 aliphatic rings. The number of hydrogen-bond acceptors (Lipinski definition) is 1. The Balaban J connectivity index is 2.16. The van der Waals surface area contributed by atoms with Crippen molar-refractivity contribution in [3.8, 4) is 0 Å². The maximum absolute atomic E-state index is 2.83. The summed E-state index contributed by atoms with van der Waals surface area (Å²) in [7, 11) is 2.83. The minimum Gasteiger partial charge on any atom is -0.328 e. The van der Waals surface area contributed by atoms with Crippen molar-refractivity contribution in [2.24, 2.45) is 0 Å². The van der Waals surface area contributed by atoms with Gasteiger partial charge in [-0.15, -0.1) is 0 Å². The number of allylic oxidation sites excluding steroid dienone is 6. The van der Waals surface area contributed by atoms with Crippen molar-refractivity contribution < 1.29 is 0 Å². The van der Waals surface area contributed by atoms with E-state index < -0.39 is 0 Å². The molecule has 1 heterocycles. The normalized spacial score (nSPS) is 17.6. The summed E-state index contributed by atoms with van der Waals surface area (Å²) < 4.78 is 2.21. The molecular weight excluding hydrogens is 225 g/mol. The SMILES string of the molecule is PN1C2=C(C=CC=CC2)C=Cc2ccccc21. The Morgan fingerprint density at radius 3 is 2.82 bits per heavy atom. The van der Waals surface area contributed by atoms with Gasteiger partial charge in [-0.1, -0.05) is 54.7 Å². The lowest BCUT2D eigenvalue weighted by Crippen LogP contribution is -2.10. The van der Waals surface area contributed by atoms with E-state index in [2.05, 4.69) is 74.8 Å². The summed E-state index contributed by atoms with van der Waals surface area (Å²) in [5, 5.41) is 0. The lowest BCUT2D eigenvalue weighted by Gasteiger charge is -2.23. The highest BCUT2D eigenvalue weighted by Gasteiger charge is 2.15. The molecule has 0 radical (unpaired) electrons. The smallest absolute Gasteiger partial charge is 0.0511 e. The van der Waals surface area contributed by atoms with Gasteiger partial charge in [0.1, 0.15) is 0 Å². The van der Waals surface area contributed by atoms with Crippen LogP contribution >= 0.6 is 9.39 Å². The molecule has 0 bridgehead atoms. The van der Waals surface area contributed by atoms with E-state index in [0.717, 1.165) is 6.42 Å². The fourth-order valence-electron chi connectivity index (χ4n) is 2.19. The molecule has 3 rings (SSSR count). The molecule has 0 saturated carbocycles. The number of rotatable bonds is 0. The molecule has 0 spiro atoms. The number of benzene rings is 1. The quantitative estimate of drug-likeness (QED) is 0.616. The first-order valence-electron chi connectivity index (χ1n) is 5.74. The van der Waals surface area contributed by atoms with Gasteiger partial charge in [0.15, 0.2) is 0 Å². The number of fused-ring (bicyclic) bond motifs is 1. The molecule has 1 unspecified atom stereocenters. The Morgan fingerprint density at radius 2 is 1.88 bits per heavy atom. The van der Waals surface area contributed by atoms with Crippen molar-refractivity contribution in [1.82, 2.24) is 0 Å². The van der Waals surface area contributed by atoms with E-state index in [0.29, 0.717) is 0 Å². The molecule has 1 aromatic carbocycles. The van der Waals surface area contributed by atoms with Crippen molar-refractivity contribution in [1.29, 1.82) is 0 Å². The van der Waals surface area contributed by atoms with Crippen molar-refractivity contribution >= 4 is 21.2 Å². The number of nitrogens with zero attached hydrogens (tertiary/aromatic N) is 1. The summed E-state index contributed by atoms with van der Waals surface area (Å²) in [5.41, 5.74) is 5.10. The number of hydrogen-bond donors (Lipinski definition) is 0. The number of para-hydroxylation sites is 1. The van der Waals surface area contributed by atoms with Crippen LogP contribution in [0.15, 0.2) is 65.9 Å². The van der Waals surface area contributed by atoms with E-state index >= 15 is 0 Å². The topological polar surface area (TPSA) is 3.24 Å². The van der Waals surface area contributed by atoms with Gasteiger partial charge in [-0.2, -0.15) is 0 Å². The van der Waals surface area contributed by atoms with Crippen LogP contribution in [0.5, 0.6) is 0 Å². The van der Waals surface area contributed by atoms with Crippen LogP contribution in [0.2, 0.25) is 0 Å². The second-order valence-corrected chi connectivity index (χ2v) is 4.67. The Hall–Kier alpha value is -1.59. The van der Waals surface area contributed by atoms with Crippen LogP contribution < -0.4 is 4.67 Å². The summed E-state index contributed by atoms with van der Waals surface area (Å²) in [5.74, 6) is 0. The molecule has 0 saturated heterocycles. The van der Waals surface area contributed by atoms with Gasteiger partial charge < -0.3 is 4.67 Å². The highest BCUT2D eigenvalue weighted by molar-refractivity contribution is 7.19. The van der Waals surface area contributed by atoms with Gasteiger partial charge in [0, 0.05) is 12.1 Å². The zero-order chi connectivity index (χ0) is 11.7. The zero-order valence-electron chi connectivity index (χ0n) is 9.51. The average molecular weight is 239 g/mol. The van der Waals surface area contributed by atoms with Gasteiger partial charge in [0.2, 0.25) is 0 Å². The zero-order valence-corrected chi connectivity index (χ0v) is 10.7. The predicted octanol–water partition coefficient (Wildman–Crippen LogP) is 4.08. The first-order valence-corrected chi connectivity index (χ1v) is 6.26. The van der Waals surface area contributed by atoms with Gasteiger partial charge in [-0.3, -0.25) is 0 Å². The molecule has 84 valence electrons. The average Bonchev–Trinajstić information content (AvgIpc) is 2.66. The molecule has 1 nitrogen and oxygen atoms in total. The summed E-state index contributed by atoms with van der Waals surface area (Å²) in [6, 6.07) is 8.46. The van der Waals surface area contributed by atoms with E-state index in [1.165, 1.54) is 22.5 Å². The van der Waals surface area contributed by atoms with Crippen LogP contribution in [0.25, 0.3) is 6.08 Å². The van der Waals surface area contributed by atoms with Crippen LogP contribution in [-0.2, 0) is 0 Å². The van der Waals surface area contributed by atoms with E-state index in [1.807, 2.05) is 0 Å². The number of anilines is 1. The van der Waals surface area contributed by atoms with Gasteiger partial charge in [0.25, 0.3) is 0 Å². The van der Waals surface area contributed by atoms with Crippen LogP contribution in [0.1, 0.15) is 12.0 Å². The third-order valence-corrected chi connectivity index (χ3v) is 3.69. The highest BCUT2D eigenvalue weighted by Crippen LogP contribution is 2.35. The molecule has 1 atom stereocenters. The molecule has 0 fully saturated rings. The van der Waals surface area contributed by atoms with Gasteiger partial charge in [-0.05, 0) is 26.6 Å². The standard InChI is InChI=1S/C15H14NP/c17-16-14-8-3-1-2-6-12(14)10-11-13-7-4-5-9-15(13)16/h1-7,9-11H,8,17H2. The Kier molecular flexibility index (Phi) is 2.70. The summed E-state index contributed by atoms with van der Waals surface area (Å²) >= 11 is 0. The van der Waals surface area contributed by atoms with E-state index in [9.17, 15) is 0 Å². The molecule has 0 N–H and O–H groups in total. The fourth-order valence-corrected chi connectivity index (χ4v) is 2.68. The first kappa shape index (κ1) is 10.6. The molecular formula is C15H14NP. The third kappa shape index (κ3) is 1.87. The minimum atomic E-state index is 0.963. The Morgan fingerprint density at radius 1 is 1.00 bits per heavy atom. The monoisotopic (exact) mass is 239 g/mol. The van der Waals surface area contributed by atoms with Gasteiger partial charge in [-0.25, -0.2) is 0 Å². The Labute approximate surface area is 104 Å². The second kappa shape index (κ2) is 4.35. The van der Waals surface area contributed by atoms with E-state index in [-0.39, 0.29) is 0 Å². The molecule has 1 aliphatic heterocycles. The largest absolute Gasteiger partial charge is 0.328 e. The summed E-state index contributed by atoms with van der Waals surface area (Å²) in [6.45, 7) is 0. The first-order chi connectivity index (χ1) is 8.36. The second-order valence-electron chi connectivity index (χ2n) is 4.16. The molecule has 1 aromatic rings. The fraction of sp³-hybridized carbons (Fsp3) is 0.0667. The lowest BCUT2D eigenvalue weighted by molar-refractivity contribution is 1.14. The predicted molar refractivity (Wildman–Crippen MR) is 77.6 cm³/mol. The summed E-state index contributed by atoms with van der Waals surface area (Å²) in [4.78, 5) is 0. The molecule has 2 heteroatoms. The third-order valence-electron chi connectivity index (χ3n) is 3.10. The van der Waals surface area contributed by atoms with Crippen LogP contribution in [-0.4, -0.2) is 0 Å².